The summed E-state index contributed by atoms with van der Waals surface area (Å²) in [6.45, 7) is 0. The van der Waals surface area contributed by atoms with Gasteiger partial charge in [-0.1, -0.05) is 12.1 Å². The molecule has 98 valence electrons. The van der Waals surface area contributed by atoms with Crippen LogP contribution in [0, 0.1) is 0 Å². The van der Waals surface area contributed by atoms with E-state index in [1.807, 2.05) is 6.07 Å². The molecule has 0 aliphatic carbocycles. The molecule has 0 bridgehead atoms. The molecule has 4 nitrogen and oxygen atoms in total. The molecule has 2 rings (SSSR count). The number of hydrogen-bond donors (Lipinski definition) is 2. The van der Waals surface area contributed by atoms with Crippen molar-refractivity contribution in [1.82, 2.24) is 0 Å². The van der Waals surface area contributed by atoms with Crippen molar-refractivity contribution < 1.29 is 9.53 Å². The number of carbonyl (C=O) groups excluding carboxylic acids is 1. The zero-order chi connectivity index (χ0) is 13.8. The SMILES string of the molecule is COc1ccccc1C(=O)Nc1cc(N)ccc1Br. The number of carbonyl (C=O) groups is 1. The minimum atomic E-state index is -0.247. The van der Waals surface area contributed by atoms with Gasteiger partial charge in [-0.3, -0.25) is 4.79 Å². The fourth-order valence-corrected chi connectivity index (χ4v) is 2.01. The number of rotatable bonds is 3. The summed E-state index contributed by atoms with van der Waals surface area (Å²) in [4.78, 5) is 12.2. The Labute approximate surface area is 119 Å². The molecule has 0 heterocycles. The van der Waals surface area contributed by atoms with Crippen molar-refractivity contribution in [2.75, 3.05) is 18.2 Å². The van der Waals surface area contributed by atoms with Gasteiger partial charge >= 0.3 is 0 Å². The molecular weight excluding hydrogens is 308 g/mol. The lowest BCUT2D eigenvalue weighted by atomic mass is 10.2. The third-order valence-corrected chi connectivity index (χ3v) is 3.28. The third-order valence-electron chi connectivity index (χ3n) is 2.59. The summed E-state index contributed by atoms with van der Waals surface area (Å²) in [6, 6.07) is 12.3. The summed E-state index contributed by atoms with van der Waals surface area (Å²) in [5.74, 6) is 0.281. The second-order valence-corrected chi connectivity index (χ2v) is 4.75. The van der Waals surface area contributed by atoms with Crippen LogP contribution in [0.15, 0.2) is 46.9 Å². The van der Waals surface area contributed by atoms with Crippen molar-refractivity contribution in [3.05, 3.63) is 52.5 Å². The Bertz CT molecular complexity index is 614. The fourth-order valence-electron chi connectivity index (χ4n) is 1.66. The number of ether oxygens (including phenoxy) is 1. The van der Waals surface area contributed by atoms with Crippen LogP contribution in [0.5, 0.6) is 5.75 Å². The van der Waals surface area contributed by atoms with Gasteiger partial charge in [-0.15, -0.1) is 0 Å². The van der Waals surface area contributed by atoms with E-state index in [1.165, 1.54) is 7.11 Å². The highest BCUT2D eigenvalue weighted by atomic mass is 79.9. The molecule has 0 fully saturated rings. The van der Waals surface area contributed by atoms with Gasteiger partial charge in [0.2, 0.25) is 0 Å². The molecule has 2 aromatic carbocycles. The maximum Gasteiger partial charge on any atom is 0.259 e. The van der Waals surface area contributed by atoms with Crippen LogP contribution >= 0.6 is 15.9 Å². The van der Waals surface area contributed by atoms with Crippen LogP contribution < -0.4 is 15.8 Å². The molecule has 19 heavy (non-hydrogen) atoms. The standard InChI is InChI=1S/C14H13BrN2O2/c1-19-13-5-3-2-4-10(13)14(18)17-12-8-9(16)6-7-11(12)15/h2-8H,16H2,1H3,(H,17,18). The van der Waals surface area contributed by atoms with E-state index in [-0.39, 0.29) is 5.91 Å². The van der Waals surface area contributed by atoms with Crippen LogP contribution in [0.25, 0.3) is 0 Å². The first-order valence-corrected chi connectivity index (χ1v) is 6.40. The van der Waals surface area contributed by atoms with Crippen molar-refractivity contribution in [1.29, 1.82) is 0 Å². The van der Waals surface area contributed by atoms with E-state index >= 15 is 0 Å². The van der Waals surface area contributed by atoms with E-state index in [9.17, 15) is 4.79 Å². The predicted octanol–water partition coefficient (Wildman–Crippen LogP) is 3.29. The number of amides is 1. The smallest absolute Gasteiger partial charge is 0.259 e. The highest BCUT2D eigenvalue weighted by Gasteiger charge is 2.12. The Kier molecular flexibility index (Phi) is 4.06. The van der Waals surface area contributed by atoms with Crippen LogP contribution in [0.1, 0.15) is 10.4 Å². The van der Waals surface area contributed by atoms with Crippen molar-refractivity contribution >= 4 is 33.2 Å². The molecule has 0 spiro atoms. The topological polar surface area (TPSA) is 64.3 Å². The molecular formula is C14H13BrN2O2. The maximum absolute atomic E-state index is 12.2. The highest BCUT2D eigenvalue weighted by molar-refractivity contribution is 9.10. The number of nitrogens with one attached hydrogen (secondary N) is 1. The molecule has 1 amide bonds. The number of methoxy groups -OCH3 is 1. The van der Waals surface area contributed by atoms with Crippen LogP contribution in [-0.2, 0) is 0 Å². The zero-order valence-corrected chi connectivity index (χ0v) is 11.9. The van der Waals surface area contributed by atoms with Gasteiger partial charge in [-0.05, 0) is 46.3 Å². The van der Waals surface area contributed by atoms with E-state index in [4.69, 9.17) is 10.5 Å². The molecule has 0 atom stereocenters. The molecule has 0 saturated carbocycles. The summed E-state index contributed by atoms with van der Waals surface area (Å²) < 4.78 is 5.93. The lowest BCUT2D eigenvalue weighted by Gasteiger charge is -2.10. The van der Waals surface area contributed by atoms with E-state index in [0.29, 0.717) is 22.7 Å². The van der Waals surface area contributed by atoms with E-state index in [0.717, 1.165) is 4.47 Å². The lowest BCUT2D eigenvalue weighted by Crippen LogP contribution is -2.13. The number of benzene rings is 2. The summed E-state index contributed by atoms with van der Waals surface area (Å²) in [5, 5.41) is 2.80. The van der Waals surface area contributed by atoms with Gasteiger partial charge in [0.05, 0.1) is 18.4 Å². The Morgan fingerprint density at radius 3 is 2.74 bits per heavy atom. The largest absolute Gasteiger partial charge is 0.496 e. The first-order chi connectivity index (χ1) is 9.11. The zero-order valence-electron chi connectivity index (χ0n) is 10.3. The number of nitrogen functional groups attached to an aromatic ring is 1. The van der Waals surface area contributed by atoms with Gasteiger partial charge in [-0.2, -0.15) is 0 Å². The number of halogens is 1. The van der Waals surface area contributed by atoms with Crippen molar-refractivity contribution in [3.63, 3.8) is 0 Å². The second kappa shape index (κ2) is 5.75. The van der Waals surface area contributed by atoms with Crippen molar-refractivity contribution in [2.24, 2.45) is 0 Å². The van der Waals surface area contributed by atoms with Gasteiger partial charge < -0.3 is 15.8 Å². The molecule has 5 heteroatoms. The molecule has 0 unspecified atom stereocenters. The van der Waals surface area contributed by atoms with Crippen LogP contribution in [0.2, 0.25) is 0 Å². The van der Waals surface area contributed by atoms with E-state index in [2.05, 4.69) is 21.2 Å². The first kappa shape index (κ1) is 13.4. The minimum Gasteiger partial charge on any atom is -0.496 e. The van der Waals surface area contributed by atoms with Crippen molar-refractivity contribution in [2.45, 2.75) is 0 Å². The van der Waals surface area contributed by atoms with Crippen LogP contribution in [0.4, 0.5) is 11.4 Å². The minimum absolute atomic E-state index is 0.247. The first-order valence-electron chi connectivity index (χ1n) is 5.61. The van der Waals surface area contributed by atoms with E-state index < -0.39 is 0 Å². The molecule has 0 radical (unpaired) electrons. The van der Waals surface area contributed by atoms with Crippen LogP contribution in [-0.4, -0.2) is 13.0 Å². The molecule has 2 aromatic rings. The molecule has 0 aliphatic rings. The average molecular weight is 321 g/mol. The summed E-state index contributed by atoms with van der Waals surface area (Å²) >= 11 is 3.37. The number of anilines is 2. The summed E-state index contributed by atoms with van der Waals surface area (Å²) in [7, 11) is 1.53. The van der Waals surface area contributed by atoms with Gasteiger partial charge in [0.1, 0.15) is 5.75 Å². The Morgan fingerprint density at radius 2 is 2.00 bits per heavy atom. The molecule has 0 aliphatic heterocycles. The lowest BCUT2D eigenvalue weighted by molar-refractivity contribution is 0.102. The molecule has 0 saturated heterocycles. The van der Waals surface area contributed by atoms with Crippen LogP contribution in [0.3, 0.4) is 0 Å². The van der Waals surface area contributed by atoms with Gasteiger partial charge in [-0.25, -0.2) is 0 Å². The van der Waals surface area contributed by atoms with Gasteiger partial charge in [0.15, 0.2) is 0 Å². The fraction of sp³-hybridized carbons (Fsp3) is 0.0714. The number of para-hydroxylation sites is 1. The predicted molar refractivity (Wildman–Crippen MR) is 79.5 cm³/mol. The average Bonchev–Trinajstić information content (AvgIpc) is 2.42. The molecule has 3 N–H and O–H groups in total. The quantitative estimate of drug-likeness (QED) is 0.853. The van der Waals surface area contributed by atoms with Gasteiger partial charge in [0.25, 0.3) is 5.91 Å². The van der Waals surface area contributed by atoms with Gasteiger partial charge in [0, 0.05) is 10.2 Å². The second-order valence-electron chi connectivity index (χ2n) is 3.89. The van der Waals surface area contributed by atoms with Crippen molar-refractivity contribution in [3.8, 4) is 5.75 Å². The summed E-state index contributed by atoms with van der Waals surface area (Å²) in [5.41, 5.74) is 7.38. The Balaban J connectivity index is 2.28. The maximum atomic E-state index is 12.2. The Morgan fingerprint density at radius 1 is 1.26 bits per heavy atom. The van der Waals surface area contributed by atoms with E-state index in [1.54, 1.807) is 36.4 Å². The monoisotopic (exact) mass is 320 g/mol. The summed E-state index contributed by atoms with van der Waals surface area (Å²) in [6.07, 6.45) is 0. The third kappa shape index (κ3) is 3.06. The Hall–Kier alpha value is -2.01. The number of hydrogen-bond acceptors (Lipinski definition) is 3. The molecule has 0 aromatic heterocycles. The normalized spacial score (nSPS) is 10.0. The number of nitrogens with two attached hydrogens (primary N) is 1. The highest BCUT2D eigenvalue weighted by Crippen LogP contribution is 2.26.